The summed E-state index contributed by atoms with van der Waals surface area (Å²) in [7, 11) is 0. The van der Waals surface area contributed by atoms with Crippen LogP contribution in [-0.4, -0.2) is 17.0 Å². The number of aliphatic hydroxyl groups excluding tert-OH is 1. The molecule has 0 radical (unpaired) electrons. The third kappa shape index (κ3) is 1.72. The Hall–Kier alpha value is -0.370. The molecule has 4 aliphatic rings. The molecule has 0 aliphatic heterocycles. The average Bonchev–Trinajstić information content (AvgIpc) is 2.77. The molecule has 0 bridgehead atoms. The molecule has 4 saturated carbocycles. The van der Waals surface area contributed by atoms with Crippen molar-refractivity contribution in [3.05, 3.63) is 0 Å². The standard InChI is InChI=1S/C19H30O2/c1-18-10-4-3-5-12(18)6-7-13-14-8-9-16(20)19(14,2)17(21)11-15(13)18/h12-15,17,21H,3-11H2,1-2H3. The van der Waals surface area contributed by atoms with Gasteiger partial charge in [0.1, 0.15) is 5.78 Å². The van der Waals surface area contributed by atoms with Crippen molar-refractivity contribution in [2.75, 3.05) is 0 Å². The normalized spacial score (nSPS) is 56.5. The molecule has 7 unspecified atom stereocenters. The largest absolute Gasteiger partial charge is 0.392 e. The van der Waals surface area contributed by atoms with Gasteiger partial charge < -0.3 is 5.11 Å². The van der Waals surface area contributed by atoms with E-state index < -0.39 is 11.5 Å². The molecule has 2 heteroatoms. The molecule has 0 heterocycles. The number of carbonyl (C=O) groups is 1. The maximum absolute atomic E-state index is 12.4. The molecule has 4 rings (SSSR count). The molecule has 0 saturated heterocycles. The fraction of sp³-hybridized carbons (Fsp3) is 0.947. The second-order valence-corrected chi connectivity index (χ2v) is 8.90. The van der Waals surface area contributed by atoms with Gasteiger partial charge in [-0.15, -0.1) is 0 Å². The molecule has 118 valence electrons. The Labute approximate surface area is 128 Å². The van der Waals surface area contributed by atoms with Gasteiger partial charge in [-0.3, -0.25) is 4.79 Å². The fourth-order valence-electron chi connectivity index (χ4n) is 7.04. The minimum Gasteiger partial charge on any atom is -0.392 e. The summed E-state index contributed by atoms with van der Waals surface area (Å²) in [6.07, 6.45) is 10.4. The van der Waals surface area contributed by atoms with Gasteiger partial charge in [0.05, 0.1) is 11.5 Å². The van der Waals surface area contributed by atoms with Crippen LogP contribution in [0.25, 0.3) is 0 Å². The number of hydrogen-bond donors (Lipinski definition) is 1. The summed E-state index contributed by atoms with van der Waals surface area (Å²) in [6.45, 7) is 4.59. The van der Waals surface area contributed by atoms with Gasteiger partial charge in [-0.25, -0.2) is 0 Å². The van der Waals surface area contributed by atoms with Crippen molar-refractivity contribution in [1.82, 2.24) is 0 Å². The monoisotopic (exact) mass is 290 g/mol. The highest BCUT2D eigenvalue weighted by Crippen LogP contribution is 2.65. The van der Waals surface area contributed by atoms with E-state index in [2.05, 4.69) is 13.8 Å². The van der Waals surface area contributed by atoms with E-state index in [1.54, 1.807) is 0 Å². The molecule has 0 aromatic rings. The van der Waals surface area contributed by atoms with Gasteiger partial charge in [-0.05, 0) is 74.5 Å². The Kier molecular flexibility index (Phi) is 3.10. The Balaban J connectivity index is 1.70. The highest BCUT2D eigenvalue weighted by atomic mass is 16.3. The average molecular weight is 290 g/mol. The topological polar surface area (TPSA) is 37.3 Å². The van der Waals surface area contributed by atoms with E-state index in [1.807, 2.05) is 0 Å². The first-order chi connectivity index (χ1) is 9.98. The molecule has 4 aliphatic carbocycles. The first-order valence-corrected chi connectivity index (χ1v) is 9.19. The van der Waals surface area contributed by atoms with Gasteiger partial charge in [0.25, 0.3) is 0 Å². The van der Waals surface area contributed by atoms with Crippen molar-refractivity contribution in [3.8, 4) is 0 Å². The van der Waals surface area contributed by atoms with Crippen LogP contribution in [0.15, 0.2) is 0 Å². The van der Waals surface area contributed by atoms with Crippen LogP contribution in [-0.2, 0) is 4.79 Å². The van der Waals surface area contributed by atoms with Crippen molar-refractivity contribution < 1.29 is 9.90 Å². The minimum absolute atomic E-state index is 0.342. The number of Topliss-reactive ketones (excluding diaryl/α,β-unsaturated/α-hetero) is 1. The summed E-state index contributed by atoms with van der Waals surface area (Å²) < 4.78 is 0. The molecule has 4 fully saturated rings. The predicted octanol–water partition coefficient (Wildman–Crippen LogP) is 3.96. The minimum atomic E-state index is -0.418. The molecule has 0 aromatic heterocycles. The summed E-state index contributed by atoms with van der Waals surface area (Å²) in [6, 6.07) is 0. The fourth-order valence-corrected chi connectivity index (χ4v) is 7.04. The molecule has 0 aromatic carbocycles. The maximum atomic E-state index is 12.4. The van der Waals surface area contributed by atoms with Gasteiger partial charge in [-0.1, -0.05) is 19.8 Å². The Morgan fingerprint density at radius 1 is 1.05 bits per heavy atom. The molecule has 0 amide bonds. The van der Waals surface area contributed by atoms with Gasteiger partial charge >= 0.3 is 0 Å². The van der Waals surface area contributed by atoms with Gasteiger partial charge in [0.2, 0.25) is 0 Å². The third-order valence-corrected chi connectivity index (χ3v) is 8.40. The molecular formula is C19H30O2. The summed E-state index contributed by atoms with van der Waals surface area (Å²) in [5.74, 6) is 3.04. The molecule has 2 nitrogen and oxygen atoms in total. The van der Waals surface area contributed by atoms with E-state index in [4.69, 9.17) is 0 Å². The molecular weight excluding hydrogens is 260 g/mol. The summed E-state index contributed by atoms with van der Waals surface area (Å²) in [4.78, 5) is 12.4. The van der Waals surface area contributed by atoms with Crippen molar-refractivity contribution in [1.29, 1.82) is 0 Å². The van der Waals surface area contributed by atoms with Crippen LogP contribution >= 0.6 is 0 Å². The van der Waals surface area contributed by atoms with E-state index in [1.165, 1.54) is 38.5 Å². The van der Waals surface area contributed by atoms with Crippen LogP contribution < -0.4 is 0 Å². The first kappa shape index (κ1) is 14.2. The summed E-state index contributed by atoms with van der Waals surface area (Å²) in [5.41, 5.74) is 0.0220. The molecule has 7 atom stereocenters. The van der Waals surface area contributed by atoms with Crippen LogP contribution in [0, 0.1) is 34.5 Å². The lowest BCUT2D eigenvalue weighted by atomic mass is 9.45. The second kappa shape index (κ2) is 4.57. The zero-order chi connectivity index (χ0) is 14.8. The van der Waals surface area contributed by atoms with Gasteiger partial charge in [0.15, 0.2) is 0 Å². The highest BCUT2D eigenvalue weighted by molar-refractivity contribution is 5.87. The number of fused-ring (bicyclic) bond motifs is 5. The van der Waals surface area contributed by atoms with Crippen LogP contribution in [0.1, 0.15) is 71.6 Å². The number of rotatable bonds is 0. The SMILES string of the molecule is CC12CCCCC1CCC1C2CC(O)C2(C)C(=O)CCC12. The van der Waals surface area contributed by atoms with Crippen molar-refractivity contribution >= 4 is 5.78 Å². The quantitative estimate of drug-likeness (QED) is 0.733. The zero-order valence-corrected chi connectivity index (χ0v) is 13.6. The molecule has 0 spiro atoms. The van der Waals surface area contributed by atoms with Gasteiger partial charge in [0, 0.05) is 6.42 Å². The molecule has 21 heavy (non-hydrogen) atoms. The van der Waals surface area contributed by atoms with Crippen LogP contribution in [0.4, 0.5) is 0 Å². The number of hydrogen-bond acceptors (Lipinski definition) is 2. The number of aliphatic hydroxyl groups is 1. The lowest BCUT2D eigenvalue weighted by Gasteiger charge is -2.60. The van der Waals surface area contributed by atoms with Gasteiger partial charge in [-0.2, -0.15) is 0 Å². The Morgan fingerprint density at radius 2 is 1.86 bits per heavy atom. The third-order valence-electron chi connectivity index (χ3n) is 8.40. The smallest absolute Gasteiger partial charge is 0.141 e. The zero-order valence-electron chi connectivity index (χ0n) is 13.6. The van der Waals surface area contributed by atoms with E-state index >= 15 is 0 Å². The first-order valence-electron chi connectivity index (χ1n) is 9.19. The number of carbonyl (C=O) groups excluding carboxylic acids is 1. The van der Waals surface area contributed by atoms with Crippen LogP contribution in [0.5, 0.6) is 0 Å². The Bertz CT molecular complexity index is 458. The van der Waals surface area contributed by atoms with Crippen molar-refractivity contribution in [2.45, 2.75) is 77.7 Å². The van der Waals surface area contributed by atoms with E-state index in [-0.39, 0.29) is 0 Å². The summed E-state index contributed by atoms with van der Waals surface area (Å²) in [5, 5.41) is 10.8. The maximum Gasteiger partial charge on any atom is 0.141 e. The van der Waals surface area contributed by atoms with Crippen molar-refractivity contribution in [3.63, 3.8) is 0 Å². The van der Waals surface area contributed by atoms with E-state index in [0.29, 0.717) is 35.4 Å². The van der Waals surface area contributed by atoms with Crippen LogP contribution in [0.2, 0.25) is 0 Å². The predicted molar refractivity (Wildman–Crippen MR) is 82.7 cm³/mol. The number of ketones is 1. The lowest BCUT2D eigenvalue weighted by Crippen LogP contribution is -2.57. The molecule has 1 N–H and O–H groups in total. The highest BCUT2D eigenvalue weighted by Gasteiger charge is 2.62. The lowest BCUT2D eigenvalue weighted by molar-refractivity contribution is -0.164. The van der Waals surface area contributed by atoms with Crippen LogP contribution in [0.3, 0.4) is 0 Å². The second-order valence-electron chi connectivity index (χ2n) is 8.90. The Morgan fingerprint density at radius 3 is 2.67 bits per heavy atom. The van der Waals surface area contributed by atoms with Crippen molar-refractivity contribution in [2.24, 2.45) is 34.5 Å². The summed E-state index contributed by atoms with van der Waals surface area (Å²) >= 11 is 0. The van der Waals surface area contributed by atoms with E-state index in [9.17, 15) is 9.90 Å². The van der Waals surface area contributed by atoms with E-state index in [0.717, 1.165) is 18.8 Å².